The number of carbonyl (C=O) groups is 1. The van der Waals surface area contributed by atoms with Gasteiger partial charge in [0.25, 0.3) is 5.91 Å². The quantitative estimate of drug-likeness (QED) is 0.857. The highest BCUT2D eigenvalue weighted by Crippen LogP contribution is 2.15. The summed E-state index contributed by atoms with van der Waals surface area (Å²) in [4.78, 5) is 13.7. The van der Waals surface area contributed by atoms with Gasteiger partial charge in [-0.05, 0) is 35.4 Å². The number of carbonyl (C=O) groups excluding carboxylic acids is 1. The number of amides is 1. The molecule has 1 heterocycles. The first-order valence-corrected chi connectivity index (χ1v) is 7.34. The highest BCUT2D eigenvalue weighted by atomic mass is 32.2. The van der Waals surface area contributed by atoms with Gasteiger partial charge in [-0.15, -0.1) is 23.1 Å². The normalized spacial score (nSPS) is 10.2. The van der Waals surface area contributed by atoms with Gasteiger partial charge >= 0.3 is 0 Å². The minimum atomic E-state index is -0.00561. The van der Waals surface area contributed by atoms with Crippen LogP contribution >= 0.6 is 23.1 Å². The molecule has 0 aliphatic carbocycles. The van der Waals surface area contributed by atoms with E-state index in [-0.39, 0.29) is 5.91 Å². The first-order valence-electron chi connectivity index (χ1n) is 5.24. The molecule has 2 nitrogen and oxygen atoms in total. The van der Waals surface area contributed by atoms with Gasteiger partial charge in [0.05, 0.1) is 4.88 Å². The SMILES string of the molecule is CSc1ccc(CNC(=O)c2cccs2)cc1. The Bertz CT molecular complexity index is 477. The van der Waals surface area contributed by atoms with Crippen LogP contribution in [0.25, 0.3) is 0 Å². The lowest BCUT2D eigenvalue weighted by molar-refractivity contribution is 0.0955. The van der Waals surface area contributed by atoms with Crippen molar-refractivity contribution in [2.45, 2.75) is 11.4 Å². The van der Waals surface area contributed by atoms with E-state index < -0.39 is 0 Å². The maximum Gasteiger partial charge on any atom is 0.261 e. The topological polar surface area (TPSA) is 29.1 Å². The van der Waals surface area contributed by atoms with E-state index in [4.69, 9.17) is 0 Å². The molecule has 0 saturated carbocycles. The van der Waals surface area contributed by atoms with E-state index in [0.717, 1.165) is 10.4 Å². The Morgan fingerprint density at radius 3 is 2.65 bits per heavy atom. The van der Waals surface area contributed by atoms with Gasteiger partial charge in [0.2, 0.25) is 0 Å². The van der Waals surface area contributed by atoms with Gasteiger partial charge in [-0.25, -0.2) is 0 Å². The summed E-state index contributed by atoms with van der Waals surface area (Å²) in [7, 11) is 0. The smallest absolute Gasteiger partial charge is 0.261 e. The number of benzene rings is 1. The van der Waals surface area contributed by atoms with Crippen LogP contribution in [0.15, 0.2) is 46.7 Å². The molecule has 0 atom stereocenters. The minimum Gasteiger partial charge on any atom is -0.347 e. The number of rotatable bonds is 4. The van der Waals surface area contributed by atoms with Crippen LogP contribution < -0.4 is 5.32 Å². The van der Waals surface area contributed by atoms with Crippen LogP contribution in [-0.2, 0) is 6.54 Å². The Morgan fingerprint density at radius 1 is 1.29 bits per heavy atom. The van der Waals surface area contributed by atoms with Gasteiger partial charge in [0, 0.05) is 11.4 Å². The van der Waals surface area contributed by atoms with E-state index in [1.807, 2.05) is 35.9 Å². The van der Waals surface area contributed by atoms with Crippen molar-refractivity contribution < 1.29 is 4.79 Å². The van der Waals surface area contributed by atoms with Crippen LogP contribution in [-0.4, -0.2) is 12.2 Å². The van der Waals surface area contributed by atoms with E-state index in [1.54, 1.807) is 11.8 Å². The molecule has 1 N–H and O–H groups in total. The fourth-order valence-corrected chi connectivity index (χ4v) is 2.47. The largest absolute Gasteiger partial charge is 0.347 e. The number of nitrogens with one attached hydrogen (secondary N) is 1. The molecule has 0 bridgehead atoms. The number of hydrogen-bond acceptors (Lipinski definition) is 3. The van der Waals surface area contributed by atoms with Gasteiger partial charge < -0.3 is 5.32 Å². The van der Waals surface area contributed by atoms with Crippen LogP contribution in [0.4, 0.5) is 0 Å². The third kappa shape index (κ3) is 3.35. The van der Waals surface area contributed by atoms with Gasteiger partial charge in [-0.3, -0.25) is 4.79 Å². The standard InChI is InChI=1S/C13H13NOS2/c1-16-11-6-4-10(5-7-11)9-14-13(15)12-3-2-8-17-12/h2-8H,9H2,1H3,(H,14,15). The van der Waals surface area contributed by atoms with Crippen molar-refractivity contribution in [3.63, 3.8) is 0 Å². The van der Waals surface area contributed by atoms with E-state index in [0.29, 0.717) is 6.54 Å². The number of thioether (sulfide) groups is 1. The summed E-state index contributed by atoms with van der Waals surface area (Å²) in [5.74, 6) is -0.00561. The third-order valence-electron chi connectivity index (χ3n) is 2.36. The molecular weight excluding hydrogens is 250 g/mol. The zero-order valence-corrected chi connectivity index (χ0v) is 11.1. The monoisotopic (exact) mass is 263 g/mol. The van der Waals surface area contributed by atoms with E-state index in [1.165, 1.54) is 16.2 Å². The Hall–Kier alpha value is -1.26. The summed E-state index contributed by atoms with van der Waals surface area (Å²) in [6, 6.07) is 11.9. The summed E-state index contributed by atoms with van der Waals surface area (Å²) in [6.45, 7) is 0.575. The van der Waals surface area contributed by atoms with Gasteiger partial charge in [-0.2, -0.15) is 0 Å². The molecule has 0 spiro atoms. The molecule has 1 aromatic carbocycles. The van der Waals surface area contributed by atoms with Gasteiger partial charge in [-0.1, -0.05) is 18.2 Å². The summed E-state index contributed by atoms with van der Waals surface area (Å²) < 4.78 is 0. The Kier molecular flexibility index (Phi) is 4.23. The fraction of sp³-hybridized carbons (Fsp3) is 0.154. The second-order valence-corrected chi connectivity index (χ2v) is 5.34. The zero-order chi connectivity index (χ0) is 12.1. The molecular formula is C13H13NOS2. The predicted octanol–water partition coefficient (Wildman–Crippen LogP) is 3.40. The van der Waals surface area contributed by atoms with E-state index in [2.05, 4.69) is 17.4 Å². The van der Waals surface area contributed by atoms with Crippen molar-refractivity contribution in [3.8, 4) is 0 Å². The summed E-state index contributed by atoms with van der Waals surface area (Å²) in [5.41, 5.74) is 1.12. The number of hydrogen-bond donors (Lipinski definition) is 1. The lowest BCUT2D eigenvalue weighted by atomic mass is 10.2. The molecule has 2 aromatic rings. The highest BCUT2D eigenvalue weighted by molar-refractivity contribution is 7.98. The van der Waals surface area contributed by atoms with E-state index >= 15 is 0 Å². The first-order chi connectivity index (χ1) is 8.29. The van der Waals surface area contributed by atoms with Gasteiger partial charge in [0.15, 0.2) is 0 Å². The van der Waals surface area contributed by atoms with Crippen molar-refractivity contribution in [2.24, 2.45) is 0 Å². The Labute approximate surface area is 109 Å². The lowest BCUT2D eigenvalue weighted by Gasteiger charge is -2.04. The van der Waals surface area contributed by atoms with Crippen LogP contribution in [0.2, 0.25) is 0 Å². The molecule has 4 heteroatoms. The maximum absolute atomic E-state index is 11.7. The van der Waals surface area contributed by atoms with Crippen LogP contribution in [0.3, 0.4) is 0 Å². The van der Waals surface area contributed by atoms with Crippen LogP contribution in [0, 0.1) is 0 Å². The fourth-order valence-electron chi connectivity index (χ4n) is 1.42. The second-order valence-electron chi connectivity index (χ2n) is 3.51. The third-order valence-corrected chi connectivity index (χ3v) is 3.97. The molecule has 0 unspecified atom stereocenters. The van der Waals surface area contributed by atoms with Crippen molar-refractivity contribution in [3.05, 3.63) is 52.2 Å². The average molecular weight is 263 g/mol. The first kappa shape index (κ1) is 12.2. The van der Waals surface area contributed by atoms with Crippen molar-refractivity contribution in [1.82, 2.24) is 5.32 Å². The Balaban J connectivity index is 1.91. The molecule has 17 heavy (non-hydrogen) atoms. The lowest BCUT2D eigenvalue weighted by Crippen LogP contribution is -2.21. The molecule has 88 valence electrons. The molecule has 2 rings (SSSR count). The summed E-state index contributed by atoms with van der Waals surface area (Å²) in [6.07, 6.45) is 2.05. The van der Waals surface area contributed by atoms with Crippen molar-refractivity contribution in [2.75, 3.05) is 6.26 Å². The number of thiophene rings is 1. The molecule has 0 aliphatic heterocycles. The molecule has 0 saturated heterocycles. The van der Waals surface area contributed by atoms with Crippen molar-refractivity contribution >= 4 is 29.0 Å². The Morgan fingerprint density at radius 2 is 2.06 bits per heavy atom. The van der Waals surface area contributed by atoms with Crippen LogP contribution in [0.5, 0.6) is 0 Å². The average Bonchev–Trinajstić information content (AvgIpc) is 2.90. The zero-order valence-electron chi connectivity index (χ0n) is 9.47. The molecule has 0 radical (unpaired) electrons. The van der Waals surface area contributed by atoms with Crippen LogP contribution in [0.1, 0.15) is 15.2 Å². The van der Waals surface area contributed by atoms with Crippen molar-refractivity contribution in [1.29, 1.82) is 0 Å². The predicted molar refractivity (Wildman–Crippen MR) is 73.7 cm³/mol. The summed E-state index contributed by atoms with van der Waals surface area (Å²) >= 11 is 3.17. The summed E-state index contributed by atoms with van der Waals surface area (Å²) in [5, 5.41) is 4.81. The second kappa shape index (κ2) is 5.89. The minimum absolute atomic E-state index is 0.00561. The highest BCUT2D eigenvalue weighted by Gasteiger charge is 2.05. The molecule has 0 aliphatic rings. The molecule has 1 amide bonds. The maximum atomic E-state index is 11.7. The van der Waals surface area contributed by atoms with E-state index in [9.17, 15) is 4.79 Å². The molecule has 1 aromatic heterocycles. The van der Waals surface area contributed by atoms with Gasteiger partial charge in [0.1, 0.15) is 0 Å². The molecule has 0 fully saturated rings.